The van der Waals surface area contributed by atoms with Crippen LogP contribution in [0.2, 0.25) is 0 Å². The second-order valence-electron chi connectivity index (χ2n) is 5.10. The summed E-state index contributed by atoms with van der Waals surface area (Å²) in [4.78, 5) is 24.4. The average Bonchev–Trinajstić information content (AvgIpc) is 2.27. The van der Waals surface area contributed by atoms with Crippen molar-refractivity contribution in [2.45, 2.75) is 58.0 Å². The number of nitrogens with zero attached hydrogens (tertiary/aromatic N) is 1. The monoisotopic (exact) mass is 256 g/mol. The molecule has 1 heterocycles. The molecule has 0 aromatic carbocycles. The third kappa shape index (κ3) is 4.64. The van der Waals surface area contributed by atoms with Gasteiger partial charge in [0.1, 0.15) is 0 Å². The van der Waals surface area contributed by atoms with E-state index in [2.05, 4.69) is 19.2 Å². The number of carboxylic acids is 1. The molecule has 18 heavy (non-hydrogen) atoms. The smallest absolute Gasteiger partial charge is 0.303 e. The zero-order chi connectivity index (χ0) is 13.5. The van der Waals surface area contributed by atoms with Crippen LogP contribution in [-0.2, 0) is 9.59 Å². The molecule has 2 atom stereocenters. The fourth-order valence-corrected chi connectivity index (χ4v) is 2.56. The quantitative estimate of drug-likeness (QED) is 0.701. The molecule has 1 aliphatic rings. The Bertz CT molecular complexity index is 284. The number of carboxylic acid groups (broad SMARTS) is 1. The topological polar surface area (TPSA) is 69.6 Å². The van der Waals surface area contributed by atoms with Crippen molar-refractivity contribution in [3.8, 4) is 0 Å². The predicted molar refractivity (Wildman–Crippen MR) is 69.4 cm³/mol. The summed E-state index contributed by atoms with van der Waals surface area (Å²) in [5.41, 5.74) is 0. The fourth-order valence-electron chi connectivity index (χ4n) is 2.56. The number of amides is 1. The minimum Gasteiger partial charge on any atom is -0.481 e. The lowest BCUT2D eigenvalue weighted by Gasteiger charge is -2.39. The fraction of sp³-hybridized carbons (Fsp3) is 0.846. The maximum Gasteiger partial charge on any atom is 0.303 e. The zero-order valence-corrected chi connectivity index (χ0v) is 11.3. The number of rotatable bonds is 6. The number of likely N-dealkylation sites (tertiary alicyclic amines) is 1. The molecular weight excluding hydrogens is 232 g/mol. The third-order valence-electron chi connectivity index (χ3n) is 3.50. The predicted octanol–water partition coefficient (Wildman–Crippen LogP) is 1.23. The van der Waals surface area contributed by atoms with Gasteiger partial charge in [-0.05, 0) is 46.1 Å². The second kappa shape index (κ2) is 7.36. The Balaban J connectivity index is 2.24. The number of piperidine rings is 1. The van der Waals surface area contributed by atoms with Gasteiger partial charge in [0.05, 0.1) is 6.54 Å². The molecule has 0 spiro atoms. The SMILES string of the molecule is CC1CCCC(C)N1C(=O)CNCCCC(=O)O. The maximum atomic E-state index is 12.1. The molecule has 1 aliphatic heterocycles. The molecule has 2 N–H and O–H groups in total. The highest BCUT2D eigenvalue weighted by Gasteiger charge is 2.28. The van der Waals surface area contributed by atoms with Gasteiger partial charge in [0, 0.05) is 18.5 Å². The van der Waals surface area contributed by atoms with E-state index in [1.807, 2.05) is 4.90 Å². The molecule has 104 valence electrons. The first-order chi connectivity index (χ1) is 8.52. The Labute approximate surface area is 109 Å². The molecule has 1 rings (SSSR count). The van der Waals surface area contributed by atoms with Crippen LogP contribution in [0, 0.1) is 0 Å². The van der Waals surface area contributed by atoms with Crippen LogP contribution in [-0.4, -0.2) is 47.1 Å². The average molecular weight is 256 g/mol. The van der Waals surface area contributed by atoms with Gasteiger partial charge in [0.15, 0.2) is 0 Å². The van der Waals surface area contributed by atoms with Crippen LogP contribution in [0.4, 0.5) is 0 Å². The van der Waals surface area contributed by atoms with E-state index in [-0.39, 0.29) is 12.3 Å². The van der Waals surface area contributed by atoms with E-state index >= 15 is 0 Å². The Morgan fingerprint density at radius 3 is 2.44 bits per heavy atom. The lowest BCUT2D eigenvalue weighted by Crippen LogP contribution is -2.50. The van der Waals surface area contributed by atoms with E-state index in [0.717, 1.165) is 12.8 Å². The molecule has 1 saturated heterocycles. The number of carbonyl (C=O) groups excluding carboxylic acids is 1. The number of aliphatic carboxylic acids is 1. The summed E-state index contributed by atoms with van der Waals surface area (Å²) in [5, 5.41) is 11.5. The third-order valence-corrected chi connectivity index (χ3v) is 3.50. The molecule has 0 saturated carbocycles. The van der Waals surface area contributed by atoms with E-state index < -0.39 is 5.97 Å². The first-order valence-corrected chi connectivity index (χ1v) is 6.76. The Morgan fingerprint density at radius 1 is 1.28 bits per heavy atom. The number of hydrogen-bond donors (Lipinski definition) is 2. The highest BCUT2D eigenvalue weighted by atomic mass is 16.4. The van der Waals surface area contributed by atoms with E-state index in [1.165, 1.54) is 6.42 Å². The van der Waals surface area contributed by atoms with Crippen LogP contribution in [0.15, 0.2) is 0 Å². The number of hydrogen-bond acceptors (Lipinski definition) is 3. The summed E-state index contributed by atoms with van der Waals surface area (Å²) in [7, 11) is 0. The van der Waals surface area contributed by atoms with Crippen molar-refractivity contribution in [2.24, 2.45) is 0 Å². The molecule has 0 radical (unpaired) electrons. The largest absolute Gasteiger partial charge is 0.481 e. The van der Waals surface area contributed by atoms with Crippen LogP contribution >= 0.6 is 0 Å². The van der Waals surface area contributed by atoms with Crippen LogP contribution in [0.1, 0.15) is 46.0 Å². The lowest BCUT2D eigenvalue weighted by molar-refractivity contribution is -0.137. The summed E-state index contributed by atoms with van der Waals surface area (Å²) in [6.45, 7) is 5.08. The maximum absolute atomic E-state index is 12.1. The first kappa shape index (κ1) is 15.0. The minimum atomic E-state index is -0.790. The van der Waals surface area contributed by atoms with Crippen molar-refractivity contribution >= 4 is 11.9 Å². The highest BCUT2D eigenvalue weighted by Crippen LogP contribution is 2.22. The number of carbonyl (C=O) groups is 2. The van der Waals surface area contributed by atoms with Gasteiger partial charge < -0.3 is 15.3 Å². The Morgan fingerprint density at radius 2 is 1.89 bits per heavy atom. The van der Waals surface area contributed by atoms with E-state index in [9.17, 15) is 9.59 Å². The molecule has 5 heteroatoms. The van der Waals surface area contributed by atoms with Crippen LogP contribution in [0.3, 0.4) is 0 Å². The van der Waals surface area contributed by atoms with Gasteiger partial charge in [-0.3, -0.25) is 9.59 Å². The molecule has 1 amide bonds. The van der Waals surface area contributed by atoms with Gasteiger partial charge in [-0.1, -0.05) is 0 Å². The van der Waals surface area contributed by atoms with Gasteiger partial charge in [-0.25, -0.2) is 0 Å². The summed E-state index contributed by atoms with van der Waals surface area (Å²) in [5.74, 6) is -0.661. The van der Waals surface area contributed by atoms with Crippen LogP contribution in [0.5, 0.6) is 0 Å². The standard InChI is InChI=1S/C13H24N2O3/c1-10-5-3-6-11(2)15(10)12(16)9-14-8-4-7-13(17)18/h10-11,14H,3-9H2,1-2H3,(H,17,18). The first-order valence-electron chi connectivity index (χ1n) is 6.76. The molecule has 0 aromatic rings. The highest BCUT2D eigenvalue weighted by molar-refractivity contribution is 5.79. The van der Waals surface area contributed by atoms with Crippen molar-refractivity contribution in [3.63, 3.8) is 0 Å². The Hall–Kier alpha value is -1.10. The summed E-state index contributed by atoms with van der Waals surface area (Å²) < 4.78 is 0. The minimum absolute atomic E-state index is 0.130. The molecular formula is C13H24N2O3. The second-order valence-corrected chi connectivity index (χ2v) is 5.10. The molecule has 0 bridgehead atoms. The zero-order valence-electron chi connectivity index (χ0n) is 11.3. The van der Waals surface area contributed by atoms with Crippen molar-refractivity contribution in [1.82, 2.24) is 10.2 Å². The van der Waals surface area contributed by atoms with Gasteiger partial charge in [0.25, 0.3) is 0 Å². The van der Waals surface area contributed by atoms with Crippen molar-refractivity contribution in [3.05, 3.63) is 0 Å². The summed E-state index contributed by atoms with van der Waals surface area (Å²) in [6.07, 6.45) is 4.06. The van der Waals surface area contributed by atoms with Gasteiger partial charge >= 0.3 is 5.97 Å². The van der Waals surface area contributed by atoms with Crippen molar-refractivity contribution in [2.75, 3.05) is 13.1 Å². The normalized spacial score (nSPS) is 24.0. The lowest BCUT2D eigenvalue weighted by atomic mass is 9.97. The summed E-state index contributed by atoms with van der Waals surface area (Å²) in [6, 6.07) is 0.643. The molecule has 1 fully saturated rings. The Kier molecular flexibility index (Phi) is 6.12. The molecule has 0 aromatic heterocycles. The van der Waals surface area contributed by atoms with E-state index in [1.54, 1.807) is 0 Å². The van der Waals surface area contributed by atoms with Gasteiger partial charge in [-0.2, -0.15) is 0 Å². The molecule has 5 nitrogen and oxygen atoms in total. The van der Waals surface area contributed by atoms with Crippen molar-refractivity contribution < 1.29 is 14.7 Å². The molecule has 0 aliphatic carbocycles. The van der Waals surface area contributed by atoms with E-state index in [4.69, 9.17) is 5.11 Å². The van der Waals surface area contributed by atoms with Crippen LogP contribution < -0.4 is 5.32 Å². The molecule has 2 unspecified atom stereocenters. The van der Waals surface area contributed by atoms with Gasteiger partial charge in [-0.15, -0.1) is 0 Å². The van der Waals surface area contributed by atoms with E-state index in [0.29, 0.717) is 31.6 Å². The summed E-state index contributed by atoms with van der Waals surface area (Å²) >= 11 is 0. The van der Waals surface area contributed by atoms with Gasteiger partial charge in [0.2, 0.25) is 5.91 Å². The van der Waals surface area contributed by atoms with Crippen LogP contribution in [0.25, 0.3) is 0 Å². The van der Waals surface area contributed by atoms with Crippen molar-refractivity contribution in [1.29, 1.82) is 0 Å². The number of nitrogens with one attached hydrogen (secondary N) is 1.